The van der Waals surface area contributed by atoms with Crippen LogP contribution in [0.5, 0.6) is 0 Å². The van der Waals surface area contributed by atoms with E-state index in [0.717, 1.165) is 0 Å². The van der Waals surface area contributed by atoms with Crippen LogP contribution in [0.25, 0.3) is 0 Å². The van der Waals surface area contributed by atoms with Gasteiger partial charge in [-0.1, -0.05) is 5.92 Å². The number of hydrogen-bond donors (Lipinski definition) is 0. The van der Waals surface area contributed by atoms with Gasteiger partial charge in [-0.15, -0.1) is 6.42 Å². The van der Waals surface area contributed by atoms with Crippen LogP contribution in [0, 0.1) is 510 Å². The van der Waals surface area contributed by atoms with E-state index in [2.05, 4.69) is 503 Å². The van der Waals surface area contributed by atoms with Gasteiger partial charge in [-0.3, -0.25) is 0 Å². The second-order valence-corrected chi connectivity index (χ2v) is 10.8. The zero-order valence-electron chi connectivity index (χ0n) is 44.1. The fraction of sp³-hybridized carbons (Fsp3) is 0.0115. The monoisotopic (exact) mass is 1050 g/mol. The highest BCUT2D eigenvalue weighted by Gasteiger charge is 1.66. The second-order valence-electron chi connectivity index (χ2n) is 10.8. The van der Waals surface area contributed by atoms with Gasteiger partial charge in [0.25, 0.3) is 0 Å². The third-order valence-corrected chi connectivity index (χ3v) is 5.32. The fourth-order valence-electron chi connectivity index (χ4n) is 2.63. The Morgan fingerprint density at radius 2 is 0.149 bits per heavy atom. The summed E-state index contributed by atoms with van der Waals surface area (Å²) in [5.74, 6) is 212. The van der Waals surface area contributed by atoms with E-state index < -0.39 is 0 Å². The maximum absolute atomic E-state index is 4.95. The minimum Gasteiger partial charge on any atom is -0.106 e. The Bertz CT molecular complexity index is 5980. The first kappa shape index (κ1) is 68.1. The zero-order valence-corrected chi connectivity index (χ0v) is 44.1. The number of hydrogen-bond acceptors (Lipinski definition) is 0. The van der Waals surface area contributed by atoms with Crippen molar-refractivity contribution in [3.8, 4) is 510 Å². The molecular formula is C87H4. The Morgan fingerprint density at radius 3 is 0.207 bits per heavy atom. The first-order chi connectivity index (χ1) is 43.4. The summed E-state index contributed by atoms with van der Waals surface area (Å²) in [5, 5.41) is 0. The Balaban J connectivity index is 4.62. The molecule has 0 heteroatoms. The zero-order chi connectivity index (χ0) is 62.1. The van der Waals surface area contributed by atoms with Gasteiger partial charge < -0.3 is 0 Å². The number of rotatable bonds is 0. The van der Waals surface area contributed by atoms with Crippen LogP contribution in [0.15, 0.2) is 0 Å². The molecule has 0 unspecified atom stereocenters. The quantitative estimate of drug-likeness (QED) is 0.316. The lowest BCUT2D eigenvalue weighted by atomic mass is 10.4. The van der Waals surface area contributed by atoms with Crippen molar-refractivity contribution >= 4 is 0 Å². The van der Waals surface area contributed by atoms with E-state index in [1.54, 1.807) is 6.92 Å². The standard InChI is InChI=1S/C87H4/c1-3-5-7-9-11-13-15-17-19-21-23-25-27-29-31-33-35-37-39-41-43-45-47-49-51-53-55-57-59-61-63-65-67-69-71-73-75-77-79-81-83-85-87-86-84-82-80-78-76-74-72-70-68-66-64-62-60-58-56-54-52-50-48-46-44-42-40-38-36-34-32-30-28-26-24-22-20-18-16-14-12-10-8-6-4-2/h1H,2H3. The minimum atomic E-state index is 1.68. The van der Waals surface area contributed by atoms with E-state index in [9.17, 15) is 0 Å². The SMILES string of the molecule is C#CC#CC#CC#CC#CC#CC#CC#CC#CC#CC#CC#CC#CC#CC#CC#CC#CC#CC#CC#CC#CC#CC#CC#CC#CC#CC#CC#CC#CC#CC#CC#CC#CC#CC#CC#CC#CC#CC#CC#CC#CC#CC#CC. The summed E-state index contributed by atoms with van der Waals surface area (Å²) >= 11 is 0. The molecule has 0 atom stereocenters. The van der Waals surface area contributed by atoms with Gasteiger partial charge in [-0.2, -0.15) is 0 Å². The summed E-state index contributed by atoms with van der Waals surface area (Å²) in [6.45, 7) is 1.68. The minimum absolute atomic E-state index is 1.68. The molecular weight excluding hydrogens is 1040 g/mol. The highest BCUT2D eigenvalue weighted by molar-refractivity contribution is 5.54. The fourth-order valence-corrected chi connectivity index (χ4v) is 2.63. The maximum atomic E-state index is 4.95. The van der Waals surface area contributed by atoms with Gasteiger partial charge in [0.15, 0.2) is 0 Å². The van der Waals surface area contributed by atoms with E-state index in [1.807, 2.05) is 0 Å². The van der Waals surface area contributed by atoms with Crippen molar-refractivity contribution in [3.05, 3.63) is 0 Å². The molecule has 0 saturated heterocycles. The highest BCUT2D eigenvalue weighted by atomic mass is 13.7. The predicted octanol–water partition coefficient (Wildman–Crippen LogP) is 0.782. The summed E-state index contributed by atoms with van der Waals surface area (Å²) in [6.07, 6.45) is 4.95. The number of terminal acetylenes is 1. The Hall–Kier alpha value is -18.9. The van der Waals surface area contributed by atoms with Crippen LogP contribution < -0.4 is 0 Å². The molecule has 0 spiro atoms. The smallest absolute Gasteiger partial charge is 0 e. The lowest BCUT2D eigenvalue weighted by Gasteiger charge is -1.58. The Morgan fingerprint density at radius 1 is 0.0920 bits per heavy atom. The normalized spacial score (nSPS) is 3.95. The summed E-state index contributed by atoms with van der Waals surface area (Å²) in [4.78, 5) is 0. The molecule has 0 radical (unpaired) electrons. The lowest BCUT2D eigenvalue weighted by Crippen LogP contribution is -1.57. The van der Waals surface area contributed by atoms with Gasteiger partial charge in [0.05, 0.1) is 0 Å². The van der Waals surface area contributed by atoms with Crippen molar-refractivity contribution in [1.29, 1.82) is 0 Å². The molecule has 0 bridgehead atoms. The van der Waals surface area contributed by atoms with E-state index in [1.165, 1.54) is 0 Å². The van der Waals surface area contributed by atoms with E-state index >= 15 is 0 Å². The Kier molecular flexibility index (Phi) is 52.5. The average molecular weight is 1050 g/mol. The van der Waals surface area contributed by atoms with Crippen molar-refractivity contribution in [3.63, 3.8) is 0 Å². The molecule has 87 heavy (non-hydrogen) atoms. The maximum Gasteiger partial charge on any atom is 0 e. The molecule has 0 aromatic heterocycles. The third kappa shape index (κ3) is 67.1. The van der Waals surface area contributed by atoms with Gasteiger partial charge in [0.1, 0.15) is 0 Å². The van der Waals surface area contributed by atoms with Gasteiger partial charge in [-0.05, 0) is 102 Å². The molecule has 0 aliphatic carbocycles. The van der Waals surface area contributed by atoms with Gasteiger partial charge in [0.2, 0.25) is 0 Å². The molecule has 0 aliphatic rings. The summed E-state index contributed by atoms with van der Waals surface area (Å²) in [7, 11) is 0. The van der Waals surface area contributed by atoms with Crippen molar-refractivity contribution in [2.75, 3.05) is 0 Å². The van der Waals surface area contributed by atoms with Crippen molar-refractivity contribution in [1.82, 2.24) is 0 Å². The van der Waals surface area contributed by atoms with Crippen molar-refractivity contribution in [2.45, 2.75) is 6.92 Å². The average Bonchev–Trinajstić information content (AvgIpc) is 3.53. The van der Waals surface area contributed by atoms with Crippen LogP contribution >= 0.6 is 0 Å². The third-order valence-electron chi connectivity index (χ3n) is 5.32. The molecule has 0 amide bonds. The van der Waals surface area contributed by atoms with Crippen LogP contribution in [0.1, 0.15) is 6.92 Å². The molecule has 0 N–H and O–H groups in total. The first-order valence-corrected chi connectivity index (χ1v) is 21.8. The summed E-state index contributed by atoms with van der Waals surface area (Å²) in [6, 6.07) is 0. The van der Waals surface area contributed by atoms with Crippen LogP contribution in [0.3, 0.4) is 0 Å². The topological polar surface area (TPSA) is 0 Å². The largest absolute Gasteiger partial charge is 0.106 e. The predicted molar refractivity (Wildman–Crippen MR) is 341 cm³/mol. The van der Waals surface area contributed by atoms with Crippen LogP contribution in [0.2, 0.25) is 0 Å². The molecule has 0 aromatic rings. The van der Waals surface area contributed by atoms with Gasteiger partial charge >= 0.3 is 0 Å². The van der Waals surface area contributed by atoms with E-state index in [4.69, 9.17) is 6.42 Å². The molecule has 0 fully saturated rings. The molecule has 0 heterocycles. The Labute approximate surface area is 513 Å². The van der Waals surface area contributed by atoms with Gasteiger partial charge in [0, 0.05) is 403 Å². The summed E-state index contributed by atoms with van der Waals surface area (Å²) in [5.41, 5.74) is 0. The lowest BCUT2D eigenvalue weighted by molar-refractivity contribution is 1.92. The molecule has 0 nitrogen and oxygen atoms in total. The highest BCUT2D eigenvalue weighted by Crippen LogP contribution is 1.66. The molecule has 352 valence electrons. The second kappa shape index (κ2) is 67.1. The van der Waals surface area contributed by atoms with Crippen LogP contribution in [-0.2, 0) is 0 Å². The van der Waals surface area contributed by atoms with Crippen molar-refractivity contribution in [2.24, 2.45) is 0 Å². The summed E-state index contributed by atoms with van der Waals surface area (Å²) < 4.78 is 0. The molecule has 0 aromatic carbocycles. The van der Waals surface area contributed by atoms with Crippen LogP contribution in [-0.4, -0.2) is 0 Å². The molecule has 0 rings (SSSR count). The van der Waals surface area contributed by atoms with Gasteiger partial charge in [-0.25, -0.2) is 0 Å². The van der Waals surface area contributed by atoms with E-state index in [-0.39, 0.29) is 0 Å². The molecule has 0 aliphatic heterocycles. The van der Waals surface area contributed by atoms with Crippen molar-refractivity contribution < 1.29 is 0 Å². The molecule has 0 saturated carbocycles. The van der Waals surface area contributed by atoms with Crippen LogP contribution in [0.4, 0.5) is 0 Å². The van der Waals surface area contributed by atoms with E-state index in [0.29, 0.717) is 0 Å². The first-order valence-electron chi connectivity index (χ1n) is 21.8.